The highest BCUT2D eigenvalue weighted by molar-refractivity contribution is 5.83. The maximum Gasteiger partial charge on any atom is 0.241 e. The molecular formula is C25H30N4O. The van der Waals surface area contributed by atoms with Crippen LogP contribution in [-0.4, -0.2) is 40.9 Å². The molecule has 2 aromatic carbocycles. The molecule has 2 aromatic rings. The fraction of sp³-hybridized carbons (Fsp3) is 0.360. The lowest BCUT2D eigenvalue weighted by atomic mass is 10.1. The number of carbonyl (C=O) groups excluding carboxylic acids is 1. The fourth-order valence-corrected chi connectivity index (χ4v) is 3.79. The number of carbonyl (C=O) groups is 1. The molecular weight excluding hydrogens is 372 g/mol. The van der Waals surface area contributed by atoms with Crippen molar-refractivity contribution in [1.29, 1.82) is 5.26 Å². The summed E-state index contributed by atoms with van der Waals surface area (Å²) in [6.45, 7) is 3.21. The first-order valence-electron chi connectivity index (χ1n) is 10.6. The van der Waals surface area contributed by atoms with Gasteiger partial charge in [-0.05, 0) is 36.6 Å². The van der Waals surface area contributed by atoms with E-state index in [9.17, 15) is 4.79 Å². The van der Waals surface area contributed by atoms with Crippen LogP contribution >= 0.6 is 0 Å². The zero-order valence-corrected chi connectivity index (χ0v) is 17.4. The molecule has 30 heavy (non-hydrogen) atoms. The summed E-state index contributed by atoms with van der Waals surface area (Å²) in [6.07, 6.45) is 6.10. The summed E-state index contributed by atoms with van der Waals surface area (Å²) in [5.41, 5.74) is 8.73. The largest absolute Gasteiger partial charge is 0.320 e. The molecule has 1 amide bonds. The van der Waals surface area contributed by atoms with Gasteiger partial charge in [-0.1, -0.05) is 73.2 Å². The molecule has 156 valence electrons. The Hall–Kier alpha value is -2.94. The summed E-state index contributed by atoms with van der Waals surface area (Å²) >= 11 is 0. The van der Waals surface area contributed by atoms with Gasteiger partial charge in [0.15, 0.2) is 0 Å². The highest BCUT2D eigenvalue weighted by Gasteiger charge is 2.28. The van der Waals surface area contributed by atoms with Crippen molar-refractivity contribution in [1.82, 2.24) is 9.80 Å². The van der Waals surface area contributed by atoms with E-state index in [1.807, 2.05) is 18.2 Å². The minimum absolute atomic E-state index is 0.128. The summed E-state index contributed by atoms with van der Waals surface area (Å²) in [5, 5.41) is 9.14. The van der Waals surface area contributed by atoms with Crippen LogP contribution in [-0.2, 0) is 17.9 Å². The lowest BCUT2D eigenvalue weighted by Crippen LogP contribution is -2.46. The Balaban J connectivity index is 1.48. The standard InChI is InChI=1S/C25H30N4O/c26-18-23-14-9-17-29(23)25(30)24(27)15-7-8-16-28(19-21-10-3-1-4-11-21)20-22-12-5-2-6-13-22/h1-6,9-14,23-24H,7-8,15-17,19-20,27H2. The summed E-state index contributed by atoms with van der Waals surface area (Å²) in [5.74, 6) is -0.128. The number of hydrogen-bond acceptors (Lipinski definition) is 4. The summed E-state index contributed by atoms with van der Waals surface area (Å²) < 4.78 is 0. The van der Waals surface area contributed by atoms with E-state index in [4.69, 9.17) is 11.0 Å². The fourth-order valence-electron chi connectivity index (χ4n) is 3.79. The van der Waals surface area contributed by atoms with Crippen molar-refractivity contribution < 1.29 is 4.79 Å². The van der Waals surface area contributed by atoms with Crippen molar-refractivity contribution in [3.05, 3.63) is 83.9 Å². The van der Waals surface area contributed by atoms with Crippen molar-refractivity contribution in [2.24, 2.45) is 5.73 Å². The number of nitrogens with two attached hydrogens (primary N) is 1. The lowest BCUT2D eigenvalue weighted by Gasteiger charge is -2.24. The Morgan fingerprint density at radius 3 is 2.23 bits per heavy atom. The smallest absolute Gasteiger partial charge is 0.241 e. The first kappa shape index (κ1) is 21.8. The quantitative estimate of drug-likeness (QED) is 0.488. The predicted molar refractivity (Wildman–Crippen MR) is 119 cm³/mol. The molecule has 1 aliphatic rings. The van der Waals surface area contributed by atoms with Crippen LogP contribution in [0.2, 0.25) is 0 Å². The maximum atomic E-state index is 12.5. The molecule has 2 atom stereocenters. The zero-order chi connectivity index (χ0) is 21.2. The van der Waals surface area contributed by atoms with Gasteiger partial charge in [0.2, 0.25) is 5.91 Å². The number of benzene rings is 2. The molecule has 0 aliphatic carbocycles. The molecule has 0 fully saturated rings. The third-order valence-corrected chi connectivity index (χ3v) is 5.43. The lowest BCUT2D eigenvalue weighted by molar-refractivity contribution is -0.132. The Bertz CT molecular complexity index is 818. The number of amides is 1. The van der Waals surface area contributed by atoms with Gasteiger partial charge in [-0.15, -0.1) is 0 Å². The average molecular weight is 403 g/mol. The van der Waals surface area contributed by atoms with E-state index in [-0.39, 0.29) is 5.91 Å². The van der Waals surface area contributed by atoms with Crippen LogP contribution in [0.3, 0.4) is 0 Å². The van der Waals surface area contributed by atoms with E-state index in [0.29, 0.717) is 13.0 Å². The third-order valence-electron chi connectivity index (χ3n) is 5.43. The molecule has 3 rings (SSSR count). The van der Waals surface area contributed by atoms with Crippen LogP contribution in [0, 0.1) is 11.3 Å². The number of nitriles is 1. The van der Waals surface area contributed by atoms with Gasteiger partial charge in [0, 0.05) is 19.6 Å². The van der Waals surface area contributed by atoms with Gasteiger partial charge in [0.05, 0.1) is 12.1 Å². The maximum absolute atomic E-state index is 12.5. The topological polar surface area (TPSA) is 73.4 Å². The van der Waals surface area contributed by atoms with E-state index < -0.39 is 12.1 Å². The minimum Gasteiger partial charge on any atom is -0.320 e. The van der Waals surface area contributed by atoms with Gasteiger partial charge in [0.1, 0.15) is 6.04 Å². The Labute approximate surface area is 179 Å². The van der Waals surface area contributed by atoms with Crippen LogP contribution < -0.4 is 5.73 Å². The summed E-state index contributed by atoms with van der Waals surface area (Å²) in [6, 6.07) is 22.1. The molecule has 1 aliphatic heterocycles. The van der Waals surface area contributed by atoms with Crippen LogP contribution in [0.5, 0.6) is 0 Å². The minimum atomic E-state index is -0.544. The Morgan fingerprint density at radius 2 is 1.67 bits per heavy atom. The molecule has 0 radical (unpaired) electrons. The second-order valence-electron chi connectivity index (χ2n) is 7.78. The second-order valence-corrected chi connectivity index (χ2v) is 7.78. The van der Waals surface area contributed by atoms with Gasteiger partial charge in [-0.3, -0.25) is 9.69 Å². The Morgan fingerprint density at radius 1 is 1.07 bits per heavy atom. The van der Waals surface area contributed by atoms with E-state index >= 15 is 0 Å². The molecule has 5 heteroatoms. The monoisotopic (exact) mass is 402 g/mol. The normalized spacial score (nSPS) is 16.6. The van der Waals surface area contributed by atoms with E-state index in [0.717, 1.165) is 32.5 Å². The molecule has 5 nitrogen and oxygen atoms in total. The van der Waals surface area contributed by atoms with Gasteiger partial charge < -0.3 is 10.6 Å². The van der Waals surface area contributed by atoms with Crippen LogP contribution in [0.4, 0.5) is 0 Å². The Kier molecular flexibility index (Phi) is 8.20. The highest BCUT2D eigenvalue weighted by atomic mass is 16.2. The molecule has 0 aromatic heterocycles. The number of nitrogens with zero attached hydrogens (tertiary/aromatic N) is 3. The van der Waals surface area contributed by atoms with Crippen molar-refractivity contribution in [2.75, 3.05) is 13.1 Å². The van der Waals surface area contributed by atoms with Crippen LogP contribution in [0.25, 0.3) is 0 Å². The predicted octanol–water partition coefficient (Wildman–Crippen LogP) is 3.48. The SMILES string of the molecule is N#CC1C=CCN1C(=O)C(N)CCCCN(Cc1ccccc1)Cc1ccccc1. The van der Waals surface area contributed by atoms with E-state index in [1.165, 1.54) is 11.1 Å². The summed E-state index contributed by atoms with van der Waals surface area (Å²) in [4.78, 5) is 16.5. The molecule has 0 saturated carbocycles. The molecule has 2 N–H and O–H groups in total. The third kappa shape index (κ3) is 6.28. The molecule has 0 bridgehead atoms. The van der Waals surface area contributed by atoms with E-state index in [1.54, 1.807) is 11.0 Å². The molecule has 1 heterocycles. The van der Waals surface area contributed by atoms with Crippen molar-refractivity contribution in [3.8, 4) is 6.07 Å². The van der Waals surface area contributed by atoms with Crippen LogP contribution in [0.15, 0.2) is 72.8 Å². The van der Waals surface area contributed by atoms with Gasteiger partial charge in [0.25, 0.3) is 0 Å². The molecule has 0 spiro atoms. The summed E-state index contributed by atoms with van der Waals surface area (Å²) in [7, 11) is 0. The number of hydrogen-bond donors (Lipinski definition) is 1. The average Bonchev–Trinajstić information content (AvgIpc) is 3.26. The highest BCUT2D eigenvalue weighted by Crippen LogP contribution is 2.14. The zero-order valence-electron chi connectivity index (χ0n) is 17.4. The number of unbranched alkanes of at least 4 members (excludes halogenated alkanes) is 1. The van der Waals surface area contributed by atoms with Crippen molar-refractivity contribution in [2.45, 2.75) is 44.4 Å². The van der Waals surface area contributed by atoms with Gasteiger partial charge >= 0.3 is 0 Å². The van der Waals surface area contributed by atoms with Gasteiger partial charge in [-0.2, -0.15) is 5.26 Å². The van der Waals surface area contributed by atoms with Crippen LogP contribution in [0.1, 0.15) is 30.4 Å². The van der Waals surface area contributed by atoms with Crippen molar-refractivity contribution >= 4 is 5.91 Å². The first-order chi connectivity index (χ1) is 14.7. The number of rotatable bonds is 10. The van der Waals surface area contributed by atoms with Crippen molar-refractivity contribution in [3.63, 3.8) is 0 Å². The second kappa shape index (κ2) is 11.3. The van der Waals surface area contributed by atoms with E-state index in [2.05, 4.69) is 59.5 Å². The first-order valence-corrected chi connectivity index (χ1v) is 10.6. The molecule has 2 unspecified atom stereocenters. The molecule has 0 saturated heterocycles. The van der Waals surface area contributed by atoms with Gasteiger partial charge in [-0.25, -0.2) is 0 Å².